The van der Waals surface area contributed by atoms with E-state index < -0.39 is 15.1 Å². The Morgan fingerprint density at radius 3 is 2.53 bits per heavy atom. The van der Waals surface area contributed by atoms with Crippen molar-refractivity contribution in [3.8, 4) is 0 Å². The van der Waals surface area contributed by atoms with Crippen LogP contribution in [-0.2, 0) is 16.3 Å². The van der Waals surface area contributed by atoms with E-state index in [1.54, 1.807) is 0 Å². The van der Waals surface area contributed by atoms with Crippen LogP contribution in [0.1, 0.15) is 11.1 Å². The van der Waals surface area contributed by atoms with E-state index in [2.05, 4.69) is 0 Å². The largest absolute Gasteiger partial charge is 0.329 e. The van der Waals surface area contributed by atoms with Gasteiger partial charge in [-0.05, 0) is 18.9 Å². The highest BCUT2D eigenvalue weighted by molar-refractivity contribution is 7.91. The first-order valence-corrected chi connectivity index (χ1v) is 6.83. The summed E-state index contributed by atoms with van der Waals surface area (Å²) in [5.74, 6) is 0. The van der Waals surface area contributed by atoms with Crippen molar-refractivity contribution in [2.75, 3.05) is 12.8 Å². The van der Waals surface area contributed by atoms with E-state index in [1.165, 1.54) is 6.26 Å². The summed E-state index contributed by atoms with van der Waals surface area (Å²) in [5, 5.41) is -0.473. The molecule has 0 saturated heterocycles. The van der Waals surface area contributed by atoms with Gasteiger partial charge in [0, 0.05) is 12.8 Å². The van der Waals surface area contributed by atoms with Gasteiger partial charge < -0.3 is 5.73 Å². The lowest BCUT2D eigenvalue weighted by molar-refractivity contribution is 0.584. The molecular weight excluding hydrogens is 210 g/mol. The molecule has 84 valence electrons. The molecule has 0 amide bonds. The second kappa shape index (κ2) is 4.77. The van der Waals surface area contributed by atoms with E-state index in [0.29, 0.717) is 6.42 Å². The minimum absolute atomic E-state index is 0.173. The third-order valence-electron chi connectivity index (χ3n) is 2.41. The molecule has 15 heavy (non-hydrogen) atoms. The van der Waals surface area contributed by atoms with Crippen molar-refractivity contribution >= 4 is 9.84 Å². The van der Waals surface area contributed by atoms with Crippen molar-refractivity contribution in [1.82, 2.24) is 0 Å². The number of benzene rings is 1. The first kappa shape index (κ1) is 12.2. The Morgan fingerprint density at radius 1 is 1.40 bits per heavy atom. The Kier molecular flexibility index (Phi) is 3.88. The maximum atomic E-state index is 11.4. The average Bonchev–Trinajstić information content (AvgIpc) is 2.12. The highest BCUT2D eigenvalue weighted by Crippen LogP contribution is 2.10. The van der Waals surface area contributed by atoms with E-state index in [4.69, 9.17) is 5.73 Å². The third kappa shape index (κ3) is 3.64. The summed E-state index contributed by atoms with van der Waals surface area (Å²) in [6.07, 6.45) is 1.73. The molecule has 0 aliphatic heterocycles. The summed E-state index contributed by atoms with van der Waals surface area (Å²) in [7, 11) is -3.05. The van der Waals surface area contributed by atoms with E-state index in [-0.39, 0.29) is 6.54 Å². The molecule has 1 aromatic carbocycles. The summed E-state index contributed by atoms with van der Waals surface area (Å²) in [6, 6.07) is 7.84. The van der Waals surface area contributed by atoms with Crippen molar-refractivity contribution in [2.24, 2.45) is 5.73 Å². The van der Waals surface area contributed by atoms with Crippen LogP contribution in [0.15, 0.2) is 24.3 Å². The number of rotatable bonds is 4. The smallest absolute Gasteiger partial charge is 0.151 e. The van der Waals surface area contributed by atoms with Crippen LogP contribution in [0, 0.1) is 6.92 Å². The van der Waals surface area contributed by atoms with E-state index in [9.17, 15) is 8.42 Å². The second-order valence-electron chi connectivity index (χ2n) is 3.88. The van der Waals surface area contributed by atoms with E-state index in [1.807, 2.05) is 31.2 Å². The van der Waals surface area contributed by atoms with Crippen LogP contribution in [0.3, 0.4) is 0 Å². The number of hydrogen-bond donors (Lipinski definition) is 1. The third-order valence-corrected chi connectivity index (χ3v) is 3.98. The van der Waals surface area contributed by atoms with E-state index >= 15 is 0 Å². The number of aryl methyl sites for hydroxylation is 1. The first-order chi connectivity index (χ1) is 6.93. The standard InChI is InChI=1S/C11H17NO2S/c1-9-4-3-5-10(6-9)7-11(8-12)15(2,13)14/h3-6,11H,7-8,12H2,1-2H3. The molecule has 4 heteroatoms. The fourth-order valence-corrected chi connectivity index (χ4v) is 2.36. The second-order valence-corrected chi connectivity index (χ2v) is 6.21. The molecule has 1 atom stereocenters. The fourth-order valence-electron chi connectivity index (χ4n) is 1.51. The van der Waals surface area contributed by atoms with Gasteiger partial charge in [0.2, 0.25) is 0 Å². The molecule has 0 aliphatic carbocycles. The van der Waals surface area contributed by atoms with Gasteiger partial charge in [0.1, 0.15) is 0 Å². The Balaban J connectivity index is 2.85. The van der Waals surface area contributed by atoms with Crippen molar-refractivity contribution in [2.45, 2.75) is 18.6 Å². The summed E-state index contributed by atoms with van der Waals surface area (Å²) in [4.78, 5) is 0. The predicted octanol–water partition coefficient (Wildman–Crippen LogP) is 0.909. The van der Waals surface area contributed by atoms with Gasteiger partial charge in [0.05, 0.1) is 5.25 Å². The van der Waals surface area contributed by atoms with Crippen molar-refractivity contribution in [3.63, 3.8) is 0 Å². The average molecular weight is 227 g/mol. The molecule has 1 aromatic rings. The molecule has 0 saturated carbocycles. The molecule has 0 aliphatic rings. The van der Waals surface area contributed by atoms with Crippen LogP contribution in [0.25, 0.3) is 0 Å². The van der Waals surface area contributed by atoms with Gasteiger partial charge >= 0.3 is 0 Å². The SMILES string of the molecule is Cc1cccc(CC(CN)S(C)(=O)=O)c1. The predicted molar refractivity (Wildman–Crippen MR) is 62.6 cm³/mol. The van der Waals surface area contributed by atoms with Gasteiger partial charge in [0.25, 0.3) is 0 Å². The maximum Gasteiger partial charge on any atom is 0.151 e. The molecule has 0 fully saturated rings. The number of nitrogens with two attached hydrogens (primary N) is 1. The molecule has 1 unspecified atom stereocenters. The Morgan fingerprint density at radius 2 is 2.07 bits per heavy atom. The molecular formula is C11H17NO2S. The van der Waals surface area contributed by atoms with Gasteiger partial charge in [0.15, 0.2) is 9.84 Å². The van der Waals surface area contributed by atoms with Crippen LogP contribution in [-0.4, -0.2) is 26.5 Å². The summed E-state index contributed by atoms with van der Waals surface area (Å²) in [6.45, 7) is 2.16. The lowest BCUT2D eigenvalue weighted by Gasteiger charge is -2.12. The zero-order valence-corrected chi connectivity index (χ0v) is 9.92. The first-order valence-electron chi connectivity index (χ1n) is 4.88. The van der Waals surface area contributed by atoms with Gasteiger partial charge in [-0.1, -0.05) is 29.8 Å². The van der Waals surface area contributed by atoms with Gasteiger partial charge in [-0.3, -0.25) is 0 Å². The summed E-state index contributed by atoms with van der Waals surface area (Å²) in [5.41, 5.74) is 7.63. The minimum Gasteiger partial charge on any atom is -0.329 e. The molecule has 0 heterocycles. The monoisotopic (exact) mass is 227 g/mol. The molecule has 0 aromatic heterocycles. The lowest BCUT2D eigenvalue weighted by Crippen LogP contribution is -2.30. The molecule has 1 rings (SSSR count). The molecule has 2 N–H and O–H groups in total. The zero-order chi connectivity index (χ0) is 11.5. The minimum atomic E-state index is -3.05. The van der Waals surface area contributed by atoms with Crippen LogP contribution in [0.2, 0.25) is 0 Å². The lowest BCUT2D eigenvalue weighted by atomic mass is 10.1. The molecule has 3 nitrogen and oxygen atoms in total. The van der Waals surface area contributed by atoms with Crippen molar-refractivity contribution in [1.29, 1.82) is 0 Å². The number of sulfone groups is 1. The Labute approximate surface area is 91.2 Å². The van der Waals surface area contributed by atoms with Crippen molar-refractivity contribution in [3.05, 3.63) is 35.4 Å². The number of hydrogen-bond acceptors (Lipinski definition) is 3. The van der Waals surface area contributed by atoms with Crippen LogP contribution >= 0.6 is 0 Å². The van der Waals surface area contributed by atoms with Crippen molar-refractivity contribution < 1.29 is 8.42 Å². The summed E-state index contributed by atoms with van der Waals surface area (Å²) >= 11 is 0. The van der Waals surface area contributed by atoms with Crippen LogP contribution < -0.4 is 5.73 Å². The highest BCUT2D eigenvalue weighted by atomic mass is 32.2. The van der Waals surface area contributed by atoms with Crippen LogP contribution in [0.4, 0.5) is 0 Å². The quantitative estimate of drug-likeness (QED) is 0.831. The van der Waals surface area contributed by atoms with Crippen LogP contribution in [0.5, 0.6) is 0 Å². The summed E-state index contributed by atoms with van der Waals surface area (Å²) < 4.78 is 22.7. The molecule has 0 radical (unpaired) electrons. The van der Waals surface area contributed by atoms with Gasteiger partial charge in [-0.2, -0.15) is 0 Å². The topological polar surface area (TPSA) is 60.2 Å². The zero-order valence-electron chi connectivity index (χ0n) is 9.10. The molecule has 0 bridgehead atoms. The van der Waals surface area contributed by atoms with E-state index in [0.717, 1.165) is 11.1 Å². The fraction of sp³-hybridized carbons (Fsp3) is 0.455. The Hall–Kier alpha value is -0.870. The normalized spacial score (nSPS) is 13.8. The highest BCUT2D eigenvalue weighted by Gasteiger charge is 2.19. The maximum absolute atomic E-state index is 11.4. The Bertz CT molecular complexity index is 426. The van der Waals surface area contributed by atoms with Gasteiger partial charge in [-0.25, -0.2) is 8.42 Å². The van der Waals surface area contributed by atoms with Gasteiger partial charge in [-0.15, -0.1) is 0 Å². The molecule has 0 spiro atoms.